The molecule has 0 fully saturated rings. The molecule has 0 aliphatic heterocycles. The number of aliphatic imine (C=N–C) groups is 1. The quantitative estimate of drug-likeness (QED) is 0.611. The molecule has 0 bridgehead atoms. The molecule has 0 spiro atoms. The lowest BCUT2D eigenvalue weighted by Gasteiger charge is -2.07. The molecule has 0 amide bonds. The molecule has 2 rings (SSSR count). The normalized spacial score (nSPS) is 11.2. The molecule has 0 N–H and O–H groups in total. The molecule has 102 valence electrons. The molecular formula is C17H17NO2. The maximum atomic E-state index is 11.7. The summed E-state index contributed by atoms with van der Waals surface area (Å²) in [5.41, 5.74) is 2.48. The van der Waals surface area contributed by atoms with Gasteiger partial charge in [0.05, 0.1) is 24.4 Å². The van der Waals surface area contributed by atoms with Crippen molar-refractivity contribution in [3.05, 3.63) is 66.2 Å². The molecule has 2 aromatic carbocycles. The number of hydrogen-bond acceptors (Lipinski definition) is 3. The van der Waals surface area contributed by atoms with Gasteiger partial charge in [0.25, 0.3) is 0 Å². The summed E-state index contributed by atoms with van der Waals surface area (Å²) in [6.07, 6.45) is 0.173. The van der Waals surface area contributed by atoms with Crippen LogP contribution in [-0.4, -0.2) is 18.3 Å². The van der Waals surface area contributed by atoms with E-state index in [1.165, 1.54) is 0 Å². The van der Waals surface area contributed by atoms with E-state index in [1.54, 1.807) is 6.92 Å². The van der Waals surface area contributed by atoms with Gasteiger partial charge in [-0.3, -0.25) is 9.79 Å². The number of esters is 1. The van der Waals surface area contributed by atoms with Gasteiger partial charge in [-0.2, -0.15) is 0 Å². The van der Waals surface area contributed by atoms with E-state index >= 15 is 0 Å². The average Bonchev–Trinajstić information content (AvgIpc) is 2.49. The Labute approximate surface area is 118 Å². The number of para-hydroxylation sites is 1. The van der Waals surface area contributed by atoms with E-state index in [2.05, 4.69) is 4.99 Å². The Hall–Kier alpha value is -2.42. The van der Waals surface area contributed by atoms with Crippen molar-refractivity contribution >= 4 is 17.4 Å². The summed E-state index contributed by atoms with van der Waals surface area (Å²) < 4.78 is 5.01. The van der Waals surface area contributed by atoms with E-state index in [4.69, 9.17) is 4.74 Å². The molecule has 0 unspecified atom stereocenters. The molecular weight excluding hydrogens is 250 g/mol. The van der Waals surface area contributed by atoms with Gasteiger partial charge in [-0.15, -0.1) is 0 Å². The Kier molecular flexibility index (Phi) is 5.07. The van der Waals surface area contributed by atoms with Gasteiger partial charge in [0, 0.05) is 0 Å². The van der Waals surface area contributed by atoms with Crippen LogP contribution < -0.4 is 0 Å². The van der Waals surface area contributed by atoms with Crippen molar-refractivity contribution in [2.45, 2.75) is 13.3 Å². The third-order valence-electron chi connectivity index (χ3n) is 2.74. The topological polar surface area (TPSA) is 38.7 Å². The smallest absolute Gasteiger partial charge is 0.311 e. The van der Waals surface area contributed by atoms with Gasteiger partial charge in [0.1, 0.15) is 0 Å². The molecule has 3 nitrogen and oxygen atoms in total. The lowest BCUT2D eigenvalue weighted by molar-refractivity contribution is -0.141. The number of carbonyl (C=O) groups is 1. The molecule has 2 aromatic rings. The van der Waals surface area contributed by atoms with Crippen molar-refractivity contribution in [2.75, 3.05) is 6.61 Å². The van der Waals surface area contributed by atoms with Crippen LogP contribution in [0.4, 0.5) is 5.69 Å². The van der Waals surface area contributed by atoms with Gasteiger partial charge >= 0.3 is 5.97 Å². The molecule has 0 heterocycles. The molecule has 0 radical (unpaired) electrons. The fourth-order valence-corrected chi connectivity index (χ4v) is 1.84. The van der Waals surface area contributed by atoms with Gasteiger partial charge in [-0.1, -0.05) is 48.5 Å². The van der Waals surface area contributed by atoms with E-state index in [9.17, 15) is 4.79 Å². The van der Waals surface area contributed by atoms with Crippen LogP contribution in [0, 0.1) is 0 Å². The van der Waals surface area contributed by atoms with E-state index in [0.717, 1.165) is 17.0 Å². The van der Waals surface area contributed by atoms with Crippen LogP contribution in [-0.2, 0) is 9.53 Å². The molecule has 0 atom stereocenters. The molecule has 0 saturated carbocycles. The summed E-state index contributed by atoms with van der Waals surface area (Å²) in [6.45, 7) is 2.18. The van der Waals surface area contributed by atoms with Crippen molar-refractivity contribution in [3.63, 3.8) is 0 Å². The number of nitrogens with zero attached hydrogens (tertiary/aromatic N) is 1. The van der Waals surface area contributed by atoms with Crippen LogP contribution in [0.1, 0.15) is 18.9 Å². The fourth-order valence-electron chi connectivity index (χ4n) is 1.84. The van der Waals surface area contributed by atoms with Crippen molar-refractivity contribution in [1.29, 1.82) is 0 Å². The molecule has 0 saturated heterocycles. The first-order chi connectivity index (χ1) is 9.79. The van der Waals surface area contributed by atoms with Gasteiger partial charge in [0.15, 0.2) is 0 Å². The third kappa shape index (κ3) is 4.05. The number of carbonyl (C=O) groups excluding carboxylic acids is 1. The Bertz CT molecular complexity index is 576. The number of benzene rings is 2. The van der Waals surface area contributed by atoms with Crippen LogP contribution in [0.3, 0.4) is 0 Å². The van der Waals surface area contributed by atoms with Gasteiger partial charge in [-0.25, -0.2) is 0 Å². The van der Waals surface area contributed by atoms with E-state index < -0.39 is 0 Å². The summed E-state index contributed by atoms with van der Waals surface area (Å²) in [5.74, 6) is -0.258. The first-order valence-corrected chi connectivity index (χ1v) is 6.63. The third-order valence-corrected chi connectivity index (χ3v) is 2.74. The number of hydrogen-bond donors (Lipinski definition) is 0. The zero-order chi connectivity index (χ0) is 14.2. The highest BCUT2D eigenvalue weighted by atomic mass is 16.5. The second-order valence-electron chi connectivity index (χ2n) is 4.24. The van der Waals surface area contributed by atoms with Gasteiger partial charge in [-0.05, 0) is 24.6 Å². The van der Waals surface area contributed by atoms with Crippen molar-refractivity contribution in [2.24, 2.45) is 4.99 Å². The first kappa shape index (κ1) is 14.0. The number of ether oxygens (including phenoxy) is 1. The monoisotopic (exact) mass is 267 g/mol. The minimum atomic E-state index is -0.258. The summed E-state index contributed by atoms with van der Waals surface area (Å²) >= 11 is 0. The second kappa shape index (κ2) is 7.24. The van der Waals surface area contributed by atoms with Gasteiger partial charge in [0.2, 0.25) is 0 Å². The van der Waals surface area contributed by atoms with E-state index in [1.807, 2.05) is 60.7 Å². The predicted octanol–water partition coefficient (Wildman–Crippen LogP) is 3.76. The van der Waals surface area contributed by atoms with Crippen LogP contribution in [0.25, 0.3) is 0 Å². The molecule has 0 aliphatic rings. The molecule has 0 aromatic heterocycles. The lowest BCUT2D eigenvalue weighted by atomic mass is 10.1. The zero-order valence-electron chi connectivity index (χ0n) is 11.5. The lowest BCUT2D eigenvalue weighted by Crippen LogP contribution is -2.12. The maximum absolute atomic E-state index is 11.7. The highest BCUT2D eigenvalue weighted by Crippen LogP contribution is 2.15. The van der Waals surface area contributed by atoms with Crippen molar-refractivity contribution < 1.29 is 9.53 Å². The standard InChI is InChI=1S/C17H17NO2/c1-2-20-17(19)13-16(14-9-5-3-6-10-14)18-15-11-7-4-8-12-15/h3-12H,2,13H2,1H3. The Morgan fingerprint density at radius 3 is 2.20 bits per heavy atom. The van der Waals surface area contributed by atoms with E-state index in [-0.39, 0.29) is 12.4 Å². The minimum absolute atomic E-state index is 0.173. The highest BCUT2D eigenvalue weighted by Gasteiger charge is 2.10. The minimum Gasteiger partial charge on any atom is -0.466 e. The molecule has 0 aliphatic carbocycles. The average molecular weight is 267 g/mol. The Morgan fingerprint density at radius 2 is 1.60 bits per heavy atom. The van der Waals surface area contributed by atoms with Crippen LogP contribution in [0.15, 0.2) is 65.7 Å². The fraction of sp³-hybridized carbons (Fsp3) is 0.176. The first-order valence-electron chi connectivity index (χ1n) is 6.63. The zero-order valence-corrected chi connectivity index (χ0v) is 11.5. The largest absolute Gasteiger partial charge is 0.466 e. The van der Waals surface area contributed by atoms with Crippen molar-refractivity contribution in [1.82, 2.24) is 0 Å². The summed E-state index contributed by atoms with van der Waals surface area (Å²) in [4.78, 5) is 16.3. The molecule has 20 heavy (non-hydrogen) atoms. The summed E-state index contributed by atoms with van der Waals surface area (Å²) in [5, 5.41) is 0. The summed E-state index contributed by atoms with van der Waals surface area (Å²) in [7, 11) is 0. The SMILES string of the molecule is CCOC(=O)CC(=Nc1ccccc1)c1ccccc1. The Morgan fingerprint density at radius 1 is 1.00 bits per heavy atom. The Balaban J connectivity index is 2.29. The molecule has 3 heteroatoms. The predicted molar refractivity (Wildman–Crippen MR) is 80.3 cm³/mol. The second-order valence-corrected chi connectivity index (χ2v) is 4.24. The van der Waals surface area contributed by atoms with E-state index in [0.29, 0.717) is 6.61 Å². The highest BCUT2D eigenvalue weighted by molar-refractivity contribution is 6.10. The maximum Gasteiger partial charge on any atom is 0.311 e. The van der Waals surface area contributed by atoms with Crippen LogP contribution in [0.5, 0.6) is 0 Å². The van der Waals surface area contributed by atoms with Crippen molar-refractivity contribution in [3.8, 4) is 0 Å². The number of rotatable bonds is 5. The van der Waals surface area contributed by atoms with Crippen LogP contribution in [0.2, 0.25) is 0 Å². The van der Waals surface area contributed by atoms with Crippen LogP contribution >= 0.6 is 0 Å². The van der Waals surface area contributed by atoms with Gasteiger partial charge < -0.3 is 4.74 Å². The summed E-state index contributed by atoms with van der Waals surface area (Å²) in [6, 6.07) is 19.3.